The molecule has 0 aliphatic heterocycles. The molecule has 0 atom stereocenters. The van der Waals surface area contributed by atoms with Gasteiger partial charge in [0.05, 0.1) is 13.3 Å². The van der Waals surface area contributed by atoms with E-state index in [0.717, 1.165) is 11.3 Å². The number of ether oxygens (including phenoxy) is 1. The number of H-pyrrole nitrogens is 1. The van der Waals surface area contributed by atoms with Gasteiger partial charge < -0.3 is 4.74 Å². The lowest BCUT2D eigenvalue weighted by atomic mass is 10.2. The second-order valence-corrected chi connectivity index (χ2v) is 3.43. The SMILES string of the molecule is COc1ccc(C=NNc2ccnc(=O)[nH]2)cc1. The van der Waals surface area contributed by atoms with Gasteiger partial charge in [0.25, 0.3) is 0 Å². The number of methoxy groups -OCH3 is 1. The molecule has 2 aromatic rings. The Hall–Kier alpha value is -2.63. The highest BCUT2D eigenvalue weighted by atomic mass is 16.5. The number of hydrazone groups is 1. The maximum Gasteiger partial charge on any atom is 0.346 e. The molecule has 2 rings (SSSR count). The van der Waals surface area contributed by atoms with E-state index in [2.05, 4.69) is 20.5 Å². The molecule has 0 aliphatic carbocycles. The molecule has 1 heterocycles. The van der Waals surface area contributed by atoms with Crippen LogP contribution in [0.4, 0.5) is 5.82 Å². The molecule has 6 nitrogen and oxygen atoms in total. The molecule has 1 aromatic heterocycles. The molecule has 0 aliphatic rings. The van der Waals surface area contributed by atoms with Crippen LogP contribution in [0.15, 0.2) is 46.4 Å². The second kappa shape index (κ2) is 5.62. The molecule has 0 fully saturated rings. The summed E-state index contributed by atoms with van der Waals surface area (Å²) in [5.41, 5.74) is 3.20. The number of nitrogens with one attached hydrogen (secondary N) is 2. The molecule has 18 heavy (non-hydrogen) atoms. The van der Waals surface area contributed by atoms with E-state index in [1.807, 2.05) is 24.3 Å². The smallest absolute Gasteiger partial charge is 0.346 e. The summed E-state index contributed by atoms with van der Waals surface area (Å²) in [5.74, 6) is 1.28. The number of nitrogens with zero attached hydrogens (tertiary/aromatic N) is 2. The van der Waals surface area contributed by atoms with E-state index in [9.17, 15) is 4.79 Å². The van der Waals surface area contributed by atoms with Crippen LogP contribution < -0.4 is 15.9 Å². The quantitative estimate of drug-likeness (QED) is 0.626. The van der Waals surface area contributed by atoms with Crippen molar-refractivity contribution >= 4 is 12.0 Å². The van der Waals surface area contributed by atoms with Gasteiger partial charge in [0.1, 0.15) is 11.6 Å². The van der Waals surface area contributed by atoms with Gasteiger partial charge in [-0.25, -0.2) is 9.78 Å². The van der Waals surface area contributed by atoms with Gasteiger partial charge in [0, 0.05) is 6.20 Å². The predicted octanol–water partition coefficient (Wildman–Crippen LogP) is 1.22. The van der Waals surface area contributed by atoms with E-state index in [0.29, 0.717) is 5.82 Å². The van der Waals surface area contributed by atoms with Crippen molar-refractivity contribution in [2.45, 2.75) is 0 Å². The van der Waals surface area contributed by atoms with E-state index in [4.69, 9.17) is 4.74 Å². The zero-order valence-corrected chi connectivity index (χ0v) is 9.75. The van der Waals surface area contributed by atoms with Gasteiger partial charge in [-0.2, -0.15) is 5.10 Å². The lowest BCUT2D eigenvalue weighted by Gasteiger charge is -2.00. The van der Waals surface area contributed by atoms with E-state index < -0.39 is 5.69 Å². The van der Waals surface area contributed by atoms with Crippen LogP contribution in [0.5, 0.6) is 5.75 Å². The normalized spacial score (nSPS) is 10.5. The summed E-state index contributed by atoms with van der Waals surface area (Å²) in [6.07, 6.45) is 3.04. The largest absolute Gasteiger partial charge is 0.497 e. The van der Waals surface area contributed by atoms with E-state index in [1.165, 1.54) is 6.20 Å². The maximum atomic E-state index is 10.9. The Bertz CT molecular complexity index is 590. The van der Waals surface area contributed by atoms with Crippen molar-refractivity contribution < 1.29 is 4.74 Å². The molecule has 0 amide bonds. The Morgan fingerprint density at radius 3 is 2.78 bits per heavy atom. The number of aromatic amines is 1. The van der Waals surface area contributed by atoms with Crippen LogP contribution >= 0.6 is 0 Å². The van der Waals surface area contributed by atoms with Crippen molar-refractivity contribution in [3.05, 3.63) is 52.6 Å². The molecule has 0 spiro atoms. The van der Waals surface area contributed by atoms with Crippen molar-refractivity contribution in [3.8, 4) is 5.75 Å². The Kier molecular flexibility index (Phi) is 3.70. The van der Waals surface area contributed by atoms with E-state index in [-0.39, 0.29) is 0 Å². The number of benzene rings is 1. The summed E-state index contributed by atoms with van der Waals surface area (Å²) in [6.45, 7) is 0. The van der Waals surface area contributed by atoms with Crippen molar-refractivity contribution in [1.29, 1.82) is 0 Å². The lowest BCUT2D eigenvalue weighted by molar-refractivity contribution is 0.415. The van der Waals surface area contributed by atoms with Crippen LogP contribution in [-0.4, -0.2) is 23.3 Å². The number of rotatable bonds is 4. The van der Waals surface area contributed by atoms with Crippen LogP contribution in [0.3, 0.4) is 0 Å². The highest BCUT2D eigenvalue weighted by Gasteiger charge is 1.92. The average Bonchev–Trinajstić information content (AvgIpc) is 2.40. The van der Waals surface area contributed by atoms with Crippen LogP contribution in [0.2, 0.25) is 0 Å². The topological polar surface area (TPSA) is 79.4 Å². The molecule has 92 valence electrons. The van der Waals surface area contributed by atoms with Crippen LogP contribution in [0.1, 0.15) is 5.56 Å². The fraction of sp³-hybridized carbons (Fsp3) is 0.0833. The molecule has 2 N–H and O–H groups in total. The van der Waals surface area contributed by atoms with Crippen molar-refractivity contribution in [2.75, 3.05) is 12.5 Å². The molecular weight excluding hydrogens is 232 g/mol. The summed E-state index contributed by atoms with van der Waals surface area (Å²) < 4.78 is 5.05. The van der Waals surface area contributed by atoms with Crippen LogP contribution in [0, 0.1) is 0 Å². The first-order valence-corrected chi connectivity index (χ1v) is 5.26. The first-order chi connectivity index (χ1) is 8.78. The fourth-order valence-corrected chi connectivity index (χ4v) is 1.30. The first-order valence-electron chi connectivity index (χ1n) is 5.26. The third-order valence-corrected chi connectivity index (χ3v) is 2.19. The Labute approximate surface area is 103 Å². The summed E-state index contributed by atoms with van der Waals surface area (Å²) in [5, 5.41) is 3.99. The minimum Gasteiger partial charge on any atom is -0.497 e. The third-order valence-electron chi connectivity index (χ3n) is 2.19. The van der Waals surface area contributed by atoms with Crippen molar-refractivity contribution in [3.63, 3.8) is 0 Å². The molecule has 0 saturated carbocycles. The molecule has 0 radical (unpaired) electrons. The summed E-state index contributed by atoms with van der Waals surface area (Å²) in [7, 11) is 1.62. The zero-order chi connectivity index (χ0) is 12.8. The van der Waals surface area contributed by atoms with Gasteiger partial charge in [-0.15, -0.1) is 0 Å². The van der Waals surface area contributed by atoms with Crippen molar-refractivity contribution in [2.24, 2.45) is 5.10 Å². The Morgan fingerprint density at radius 1 is 1.33 bits per heavy atom. The summed E-state index contributed by atoms with van der Waals surface area (Å²) in [4.78, 5) is 16.9. The average molecular weight is 244 g/mol. The minimum absolute atomic E-state index is 0.417. The van der Waals surface area contributed by atoms with Gasteiger partial charge in [-0.3, -0.25) is 10.4 Å². The van der Waals surface area contributed by atoms with E-state index >= 15 is 0 Å². The Morgan fingerprint density at radius 2 is 2.11 bits per heavy atom. The van der Waals surface area contributed by atoms with Crippen LogP contribution in [0.25, 0.3) is 0 Å². The highest BCUT2D eigenvalue weighted by Crippen LogP contribution is 2.09. The molecular formula is C12H12N4O2. The van der Waals surface area contributed by atoms with E-state index in [1.54, 1.807) is 19.4 Å². The van der Waals surface area contributed by atoms with Gasteiger partial charge >= 0.3 is 5.69 Å². The molecule has 0 unspecified atom stereocenters. The number of hydrogen-bond acceptors (Lipinski definition) is 5. The summed E-state index contributed by atoms with van der Waals surface area (Å²) in [6, 6.07) is 9.05. The van der Waals surface area contributed by atoms with Crippen LogP contribution in [-0.2, 0) is 0 Å². The van der Waals surface area contributed by atoms with Gasteiger partial charge in [0.15, 0.2) is 0 Å². The number of anilines is 1. The first kappa shape index (κ1) is 11.8. The highest BCUT2D eigenvalue weighted by molar-refractivity contribution is 5.80. The van der Waals surface area contributed by atoms with Crippen molar-refractivity contribution in [1.82, 2.24) is 9.97 Å². The minimum atomic E-state index is -0.417. The lowest BCUT2D eigenvalue weighted by Crippen LogP contribution is -2.10. The molecule has 1 aromatic carbocycles. The van der Waals surface area contributed by atoms with Gasteiger partial charge in [-0.1, -0.05) is 0 Å². The third kappa shape index (κ3) is 3.18. The maximum absolute atomic E-state index is 10.9. The monoisotopic (exact) mass is 244 g/mol. The molecule has 0 bridgehead atoms. The standard InChI is InChI=1S/C12H12N4O2/c1-18-10-4-2-9(3-5-10)8-14-16-11-6-7-13-12(17)15-11/h2-8H,1H3,(H2,13,15,16,17). The second-order valence-electron chi connectivity index (χ2n) is 3.43. The predicted molar refractivity (Wildman–Crippen MR) is 69.1 cm³/mol. The Balaban J connectivity index is 2.00. The number of hydrogen-bond donors (Lipinski definition) is 2. The number of aromatic nitrogens is 2. The molecule has 0 saturated heterocycles. The fourth-order valence-electron chi connectivity index (χ4n) is 1.30. The molecule has 6 heteroatoms. The summed E-state index contributed by atoms with van der Waals surface area (Å²) >= 11 is 0. The van der Waals surface area contributed by atoms with Gasteiger partial charge in [-0.05, 0) is 35.9 Å². The zero-order valence-electron chi connectivity index (χ0n) is 9.75. The van der Waals surface area contributed by atoms with Gasteiger partial charge in [0.2, 0.25) is 0 Å².